The van der Waals surface area contributed by atoms with E-state index in [-0.39, 0.29) is 11.1 Å². The highest BCUT2D eigenvalue weighted by Gasteiger charge is 2.18. The number of carbonyl (C=O) groups is 1. The zero-order valence-electron chi connectivity index (χ0n) is 12.1. The highest BCUT2D eigenvalue weighted by atomic mass is 32.1. The van der Waals surface area contributed by atoms with Crippen LogP contribution in [0.4, 0.5) is 5.00 Å². The van der Waals surface area contributed by atoms with Crippen LogP contribution in [0.25, 0.3) is 10.6 Å². The van der Waals surface area contributed by atoms with Crippen LogP contribution in [0.5, 0.6) is 0 Å². The molecule has 0 saturated heterocycles. The van der Waals surface area contributed by atoms with E-state index < -0.39 is 5.97 Å². The van der Waals surface area contributed by atoms with Crippen molar-refractivity contribution in [3.05, 3.63) is 35.5 Å². The molecule has 4 nitrogen and oxygen atoms in total. The number of esters is 1. The summed E-state index contributed by atoms with van der Waals surface area (Å²) in [4.78, 5) is 15.8. The van der Waals surface area contributed by atoms with Crippen LogP contribution in [0.3, 0.4) is 0 Å². The van der Waals surface area contributed by atoms with Crippen molar-refractivity contribution in [3.8, 4) is 10.6 Å². The summed E-state index contributed by atoms with van der Waals surface area (Å²) >= 11 is 1.29. The highest BCUT2D eigenvalue weighted by molar-refractivity contribution is 7.19. The number of carbonyl (C=O) groups excluding carboxylic acids is 1. The zero-order chi connectivity index (χ0) is 14.9. The third kappa shape index (κ3) is 2.82. The molecule has 1 heterocycles. The van der Waals surface area contributed by atoms with Gasteiger partial charge in [0.2, 0.25) is 0 Å². The van der Waals surface area contributed by atoms with E-state index in [2.05, 4.69) is 42.6 Å². The summed E-state index contributed by atoms with van der Waals surface area (Å²) in [7, 11) is 1.32. The Bertz CT molecular complexity index is 624. The minimum Gasteiger partial charge on any atom is -0.464 e. The fourth-order valence-corrected chi connectivity index (χ4v) is 2.64. The quantitative estimate of drug-likeness (QED) is 0.860. The summed E-state index contributed by atoms with van der Waals surface area (Å²) < 4.78 is 4.66. The van der Waals surface area contributed by atoms with Gasteiger partial charge in [-0.25, -0.2) is 9.78 Å². The molecule has 0 bridgehead atoms. The van der Waals surface area contributed by atoms with E-state index in [0.717, 1.165) is 10.6 Å². The Labute approximate surface area is 122 Å². The molecule has 0 aliphatic rings. The summed E-state index contributed by atoms with van der Waals surface area (Å²) in [6.45, 7) is 6.50. The molecule has 0 atom stereocenters. The lowest BCUT2D eigenvalue weighted by Gasteiger charge is -2.18. The van der Waals surface area contributed by atoms with Crippen molar-refractivity contribution >= 4 is 22.3 Å². The number of thiazole rings is 1. The highest BCUT2D eigenvalue weighted by Crippen LogP contribution is 2.32. The van der Waals surface area contributed by atoms with E-state index in [1.165, 1.54) is 24.0 Å². The molecule has 0 aliphatic heterocycles. The number of nitrogen functional groups attached to an aromatic ring is 1. The summed E-state index contributed by atoms with van der Waals surface area (Å²) in [5, 5.41) is 1.11. The Morgan fingerprint density at radius 2 is 1.85 bits per heavy atom. The molecule has 0 spiro atoms. The van der Waals surface area contributed by atoms with Crippen molar-refractivity contribution in [1.82, 2.24) is 4.98 Å². The standard InChI is InChI=1S/C15H18N2O2S/c1-15(2,3)10-7-5-9(6-8-10)13-17-11(12(16)20-13)14(18)19-4/h5-8H,16H2,1-4H3. The van der Waals surface area contributed by atoms with Crippen LogP contribution in [-0.4, -0.2) is 18.1 Å². The predicted octanol–water partition coefficient (Wildman–Crippen LogP) is 3.48. The first-order valence-corrected chi connectivity index (χ1v) is 7.10. The number of aromatic nitrogens is 1. The molecule has 1 aromatic carbocycles. The van der Waals surface area contributed by atoms with E-state index in [4.69, 9.17) is 5.73 Å². The first-order chi connectivity index (χ1) is 9.32. The molecule has 2 rings (SSSR count). The summed E-state index contributed by atoms with van der Waals surface area (Å²) in [6.07, 6.45) is 0. The number of methoxy groups -OCH3 is 1. The zero-order valence-corrected chi connectivity index (χ0v) is 12.9. The smallest absolute Gasteiger partial charge is 0.359 e. The Morgan fingerprint density at radius 3 is 2.35 bits per heavy atom. The monoisotopic (exact) mass is 290 g/mol. The number of anilines is 1. The van der Waals surface area contributed by atoms with E-state index in [1.54, 1.807) is 0 Å². The Hall–Kier alpha value is -1.88. The van der Waals surface area contributed by atoms with Crippen LogP contribution in [0.2, 0.25) is 0 Å². The van der Waals surface area contributed by atoms with Crippen LogP contribution in [0.1, 0.15) is 36.8 Å². The molecular formula is C15H18N2O2S. The third-order valence-electron chi connectivity index (χ3n) is 3.03. The average Bonchev–Trinajstić information content (AvgIpc) is 2.79. The molecule has 106 valence electrons. The van der Waals surface area contributed by atoms with Crippen LogP contribution < -0.4 is 5.73 Å². The van der Waals surface area contributed by atoms with Gasteiger partial charge < -0.3 is 10.5 Å². The van der Waals surface area contributed by atoms with Gasteiger partial charge in [-0.2, -0.15) is 0 Å². The van der Waals surface area contributed by atoms with Crippen molar-refractivity contribution < 1.29 is 9.53 Å². The summed E-state index contributed by atoms with van der Waals surface area (Å²) in [5.74, 6) is -0.503. The molecule has 0 saturated carbocycles. The second-order valence-corrected chi connectivity index (χ2v) is 6.58. The van der Waals surface area contributed by atoms with E-state index in [1.807, 2.05) is 12.1 Å². The Kier molecular flexibility index (Phi) is 3.81. The molecular weight excluding hydrogens is 272 g/mol. The van der Waals surface area contributed by atoms with E-state index >= 15 is 0 Å². The number of hydrogen-bond donors (Lipinski definition) is 1. The van der Waals surface area contributed by atoms with Gasteiger partial charge in [-0.1, -0.05) is 56.4 Å². The molecule has 20 heavy (non-hydrogen) atoms. The molecule has 0 amide bonds. The van der Waals surface area contributed by atoms with Crippen molar-refractivity contribution in [2.24, 2.45) is 0 Å². The number of ether oxygens (including phenoxy) is 1. The molecule has 0 unspecified atom stereocenters. The fraction of sp³-hybridized carbons (Fsp3) is 0.333. The maximum absolute atomic E-state index is 11.5. The number of hydrogen-bond acceptors (Lipinski definition) is 5. The Morgan fingerprint density at radius 1 is 1.25 bits per heavy atom. The Balaban J connectivity index is 2.35. The molecule has 0 fully saturated rings. The lowest BCUT2D eigenvalue weighted by molar-refractivity contribution is 0.0596. The molecule has 0 aliphatic carbocycles. The lowest BCUT2D eigenvalue weighted by atomic mass is 9.87. The van der Waals surface area contributed by atoms with Gasteiger partial charge in [0.15, 0.2) is 5.69 Å². The summed E-state index contributed by atoms with van der Waals surface area (Å²) in [5.41, 5.74) is 8.30. The number of nitrogens with two attached hydrogens (primary N) is 1. The lowest BCUT2D eigenvalue weighted by Crippen LogP contribution is -2.10. The van der Waals surface area contributed by atoms with E-state index in [9.17, 15) is 4.79 Å². The SMILES string of the molecule is COC(=O)c1nc(-c2ccc(C(C)(C)C)cc2)sc1N. The van der Waals surface area contributed by atoms with Gasteiger partial charge in [0.25, 0.3) is 0 Å². The van der Waals surface area contributed by atoms with Crippen LogP contribution >= 0.6 is 11.3 Å². The maximum atomic E-state index is 11.5. The molecule has 0 radical (unpaired) electrons. The predicted molar refractivity (Wildman–Crippen MR) is 82.0 cm³/mol. The van der Waals surface area contributed by atoms with Gasteiger partial charge >= 0.3 is 5.97 Å². The van der Waals surface area contributed by atoms with Gasteiger partial charge in [-0.05, 0) is 11.0 Å². The minimum atomic E-state index is -0.503. The molecule has 2 aromatic rings. The fourth-order valence-electron chi connectivity index (χ4n) is 1.81. The molecule has 5 heteroatoms. The van der Waals surface area contributed by atoms with E-state index in [0.29, 0.717) is 5.00 Å². The van der Waals surface area contributed by atoms with Crippen molar-refractivity contribution in [3.63, 3.8) is 0 Å². The first kappa shape index (κ1) is 14.5. The van der Waals surface area contributed by atoms with Gasteiger partial charge in [-0.15, -0.1) is 0 Å². The van der Waals surface area contributed by atoms with Crippen molar-refractivity contribution in [1.29, 1.82) is 0 Å². The van der Waals surface area contributed by atoms with Crippen LogP contribution in [0, 0.1) is 0 Å². The number of rotatable bonds is 2. The van der Waals surface area contributed by atoms with Gasteiger partial charge in [0, 0.05) is 5.56 Å². The van der Waals surface area contributed by atoms with Crippen LogP contribution in [0.15, 0.2) is 24.3 Å². The molecule has 2 N–H and O–H groups in total. The minimum absolute atomic E-state index is 0.109. The second-order valence-electron chi connectivity index (χ2n) is 5.55. The van der Waals surface area contributed by atoms with Gasteiger partial charge in [0.05, 0.1) is 7.11 Å². The largest absolute Gasteiger partial charge is 0.464 e. The first-order valence-electron chi connectivity index (χ1n) is 6.28. The number of benzene rings is 1. The topological polar surface area (TPSA) is 65.2 Å². The van der Waals surface area contributed by atoms with Crippen LogP contribution in [-0.2, 0) is 10.2 Å². The number of nitrogens with zero attached hydrogens (tertiary/aromatic N) is 1. The van der Waals surface area contributed by atoms with Gasteiger partial charge in [0.1, 0.15) is 10.0 Å². The van der Waals surface area contributed by atoms with Gasteiger partial charge in [-0.3, -0.25) is 0 Å². The third-order valence-corrected chi connectivity index (χ3v) is 3.96. The van der Waals surface area contributed by atoms with Crippen molar-refractivity contribution in [2.45, 2.75) is 26.2 Å². The van der Waals surface area contributed by atoms with Crippen molar-refractivity contribution in [2.75, 3.05) is 12.8 Å². The average molecular weight is 290 g/mol. The second kappa shape index (κ2) is 5.25. The molecule has 1 aromatic heterocycles. The maximum Gasteiger partial charge on any atom is 0.359 e. The normalized spacial score (nSPS) is 11.4. The summed E-state index contributed by atoms with van der Waals surface area (Å²) in [6, 6.07) is 8.15.